The predicted octanol–water partition coefficient (Wildman–Crippen LogP) is 1.52. The summed E-state index contributed by atoms with van der Waals surface area (Å²) in [7, 11) is 0. The molecule has 0 aliphatic heterocycles. The highest BCUT2D eigenvalue weighted by atomic mass is 16.3. The molecule has 3 aliphatic rings. The zero-order chi connectivity index (χ0) is 9.05. The van der Waals surface area contributed by atoms with Crippen molar-refractivity contribution in [2.24, 2.45) is 17.3 Å². The van der Waals surface area contributed by atoms with Crippen LogP contribution in [0.25, 0.3) is 0 Å². The first-order chi connectivity index (χ1) is 6.25. The zero-order valence-corrected chi connectivity index (χ0v) is 7.83. The van der Waals surface area contributed by atoms with Crippen molar-refractivity contribution < 1.29 is 9.90 Å². The minimum atomic E-state index is -0.314. The fourth-order valence-electron chi connectivity index (χ4n) is 4.16. The van der Waals surface area contributed by atoms with E-state index in [1.54, 1.807) is 0 Å². The number of hydrogen-bond donors (Lipinski definition) is 1. The van der Waals surface area contributed by atoms with Gasteiger partial charge in [-0.1, -0.05) is 0 Å². The molecule has 72 valence electrons. The Hall–Kier alpha value is -0.370. The summed E-state index contributed by atoms with van der Waals surface area (Å²) in [5.41, 5.74) is -0.261. The van der Waals surface area contributed by atoms with Crippen molar-refractivity contribution in [2.45, 2.75) is 44.6 Å². The number of hydrogen-bond acceptors (Lipinski definition) is 2. The van der Waals surface area contributed by atoms with Crippen LogP contribution < -0.4 is 0 Å². The normalized spacial score (nSPS) is 53.9. The van der Waals surface area contributed by atoms with Crippen LogP contribution in [0, 0.1) is 17.3 Å². The van der Waals surface area contributed by atoms with E-state index >= 15 is 0 Å². The summed E-state index contributed by atoms with van der Waals surface area (Å²) < 4.78 is 0. The van der Waals surface area contributed by atoms with Gasteiger partial charge in [0.05, 0.1) is 11.5 Å². The van der Waals surface area contributed by atoms with E-state index in [9.17, 15) is 9.90 Å². The van der Waals surface area contributed by atoms with Gasteiger partial charge in [0, 0.05) is 6.42 Å². The molecule has 3 saturated carbocycles. The lowest BCUT2D eigenvalue weighted by Gasteiger charge is -2.38. The minimum absolute atomic E-state index is 0.261. The smallest absolute Gasteiger partial charge is 0.141 e. The highest BCUT2D eigenvalue weighted by Crippen LogP contribution is 2.61. The van der Waals surface area contributed by atoms with Crippen LogP contribution in [0.3, 0.4) is 0 Å². The first kappa shape index (κ1) is 7.98. The lowest BCUT2D eigenvalue weighted by atomic mass is 9.67. The second-order valence-electron chi connectivity index (χ2n) is 5.00. The second-order valence-corrected chi connectivity index (χ2v) is 5.00. The van der Waals surface area contributed by atoms with E-state index in [4.69, 9.17) is 0 Å². The Labute approximate surface area is 78.3 Å². The fourth-order valence-corrected chi connectivity index (χ4v) is 4.16. The summed E-state index contributed by atoms with van der Waals surface area (Å²) >= 11 is 0. The number of aliphatic hydroxyl groups excluding tert-OH is 1. The van der Waals surface area contributed by atoms with E-state index in [1.807, 2.05) is 0 Å². The molecule has 2 heteroatoms. The standard InChI is InChI=1S/C11H16O2/c12-9-3-1-7-5-6-11(9)8(7)2-4-10(11)13/h7-9,12H,1-6H2/t7-,8?,9+,11-/m1/s1. The largest absolute Gasteiger partial charge is 0.392 e. The Kier molecular flexibility index (Phi) is 1.44. The molecule has 0 heterocycles. The van der Waals surface area contributed by atoms with Gasteiger partial charge in [0.15, 0.2) is 0 Å². The van der Waals surface area contributed by atoms with E-state index in [0.717, 1.165) is 38.0 Å². The minimum Gasteiger partial charge on any atom is -0.392 e. The van der Waals surface area contributed by atoms with Crippen molar-refractivity contribution >= 4 is 5.78 Å². The lowest BCUT2D eigenvalue weighted by molar-refractivity contribution is -0.136. The van der Waals surface area contributed by atoms with Gasteiger partial charge in [-0.15, -0.1) is 0 Å². The molecule has 0 radical (unpaired) electrons. The van der Waals surface area contributed by atoms with E-state index < -0.39 is 0 Å². The maximum atomic E-state index is 11.8. The maximum absolute atomic E-state index is 11.8. The number of ketones is 1. The van der Waals surface area contributed by atoms with Gasteiger partial charge in [0.1, 0.15) is 5.78 Å². The summed E-state index contributed by atoms with van der Waals surface area (Å²) in [6, 6.07) is 0. The van der Waals surface area contributed by atoms with Crippen molar-refractivity contribution in [1.82, 2.24) is 0 Å². The molecule has 13 heavy (non-hydrogen) atoms. The molecular weight excluding hydrogens is 164 g/mol. The molecule has 2 nitrogen and oxygen atoms in total. The number of carbonyl (C=O) groups excluding carboxylic acids is 1. The third-order valence-corrected chi connectivity index (χ3v) is 4.77. The molecule has 3 aliphatic carbocycles. The Balaban J connectivity index is 2.07. The fraction of sp³-hybridized carbons (Fsp3) is 0.909. The number of rotatable bonds is 0. The van der Waals surface area contributed by atoms with Gasteiger partial charge in [0.2, 0.25) is 0 Å². The van der Waals surface area contributed by atoms with Crippen molar-refractivity contribution in [3.63, 3.8) is 0 Å². The van der Waals surface area contributed by atoms with Crippen LogP contribution in [0.4, 0.5) is 0 Å². The molecule has 1 N–H and O–H groups in total. The van der Waals surface area contributed by atoms with E-state index in [1.165, 1.54) is 6.42 Å². The molecule has 4 atom stereocenters. The van der Waals surface area contributed by atoms with Crippen molar-refractivity contribution in [1.29, 1.82) is 0 Å². The van der Waals surface area contributed by atoms with Gasteiger partial charge >= 0.3 is 0 Å². The van der Waals surface area contributed by atoms with Crippen molar-refractivity contribution in [3.8, 4) is 0 Å². The summed E-state index contributed by atoms with van der Waals surface area (Å²) in [6.07, 6.45) is 5.66. The quantitative estimate of drug-likeness (QED) is 0.613. The van der Waals surface area contributed by atoms with Crippen LogP contribution in [0.15, 0.2) is 0 Å². The third kappa shape index (κ3) is 0.762. The van der Waals surface area contributed by atoms with Crippen LogP contribution in [0.2, 0.25) is 0 Å². The molecule has 0 aromatic carbocycles. The van der Waals surface area contributed by atoms with Gasteiger partial charge in [-0.3, -0.25) is 4.79 Å². The number of aliphatic hydroxyl groups is 1. The van der Waals surface area contributed by atoms with Gasteiger partial charge in [-0.25, -0.2) is 0 Å². The van der Waals surface area contributed by atoms with Gasteiger partial charge < -0.3 is 5.11 Å². The first-order valence-electron chi connectivity index (χ1n) is 5.46. The van der Waals surface area contributed by atoms with Crippen LogP contribution in [0.1, 0.15) is 38.5 Å². The Morgan fingerprint density at radius 3 is 2.85 bits per heavy atom. The molecule has 2 bridgehead atoms. The summed E-state index contributed by atoms with van der Waals surface area (Å²) in [5, 5.41) is 10.0. The molecule has 3 fully saturated rings. The first-order valence-corrected chi connectivity index (χ1v) is 5.46. The summed E-state index contributed by atoms with van der Waals surface area (Å²) in [5.74, 6) is 1.67. The topological polar surface area (TPSA) is 37.3 Å². The summed E-state index contributed by atoms with van der Waals surface area (Å²) in [6.45, 7) is 0. The Morgan fingerprint density at radius 2 is 2.08 bits per heavy atom. The zero-order valence-electron chi connectivity index (χ0n) is 7.83. The van der Waals surface area contributed by atoms with E-state index in [0.29, 0.717) is 11.7 Å². The Morgan fingerprint density at radius 1 is 1.23 bits per heavy atom. The summed E-state index contributed by atoms with van der Waals surface area (Å²) in [4.78, 5) is 11.8. The van der Waals surface area contributed by atoms with E-state index in [2.05, 4.69) is 0 Å². The van der Waals surface area contributed by atoms with Crippen molar-refractivity contribution in [3.05, 3.63) is 0 Å². The highest BCUT2D eigenvalue weighted by Gasteiger charge is 2.61. The van der Waals surface area contributed by atoms with Crippen molar-refractivity contribution in [2.75, 3.05) is 0 Å². The molecular formula is C11H16O2. The van der Waals surface area contributed by atoms with Gasteiger partial charge in [-0.05, 0) is 43.9 Å². The molecule has 0 aromatic rings. The van der Waals surface area contributed by atoms with Crippen LogP contribution >= 0.6 is 0 Å². The molecule has 0 spiro atoms. The average Bonchev–Trinajstić information content (AvgIpc) is 2.58. The molecule has 0 aromatic heterocycles. The van der Waals surface area contributed by atoms with Crippen LogP contribution in [-0.2, 0) is 4.79 Å². The van der Waals surface area contributed by atoms with Gasteiger partial charge in [-0.2, -0.15) is 0 Å². The maximum Gasteiger partial charge on any atom is 0.141 e. The molecule has 0 amide bonds. The average molecular weight is 180 g/mol. The van der Waals surface area contributed by atoms with Gasteiger partial charge in [0.25, 0.3) is 0 Å². The Bertz CT molecular complexity index is 261. The third-order valence-electron chi connectivity index (χ3n) is 4.77. The monoisotopic (exact) mass is 180 g/mol. The number of carbonyl (C=O) groups is 1. The lowest BCUT2D eigenvalue weighted by Crippen LogP contribution is -2.44. The SMILES string of the molecule is O=C1CCC2[C@@H]3CC[C@H](O)[C@]12CC3. The number of Topliss-reactive ketones (excluding diaryl/α,β-unsaturated/α-hetero) is 1. The highest BCUT2D eigenvalue weighted by molar-refractivity contribution is 5.88. The molecule has 0 saturated heterocycles. The molecule has 3 rings (SSSR count). The van der Waals surface area contributed by atoms with Crippen LogP contribution in [0.5, 0.6) is 0 Å². The predicted molar refractivity (Wildman–Crippen MR) is 48.1 cm³/mol. The van der Waals surface area contributed by atoms with Crippen LogP contribution in [-0.4, -0.2) is 17.0 Å². The van der Waals surface area contributed by atoms with E-state index in [-0.39, 0.29) is 11.5 Å². The molecule has 1 unspecified atom stereocenters. The second kappa shape index (κ2) is 2.35.